The smallest absolute Gasteiger partial charge is 0.124 e. The van der Waals surface area contributed by atoms with Crippen molar-refractivity contribution in [2.24, 2.45) is 0 Å². The van der Waals surface area contributed by atoms with Gasteiger partial charge in [0.15, 0.2) is 0 Å². The molecule has 1 aromatic heterocycles. The zero-order valence-electron chi connectivity index (χ0n) is 12.4. The third-order valence-electron chi connectivity index (χ3n) is 3.80. The molecule has 0 fully saturated rings. The van der Waals surface area contributed by atoms with Crippen molar-refractivity contribution < 1.29 is 0 Å². The van der Waals surface area contributed by atoms with Gasteiger partial charge in [-0.2, -0.15) is 0 Å². The van der Waals surface area contributed by atoms with Gasteiger partial charge in [0.1, 0.15) is 5.01 Å². The van der Waals surface area contributed by atoms with Crippen LogP contribution in [0, 0.1) is 0 Å². The molecule has 0 atom stereocenters. The molecule has 0 saturated carbocycles. The van der Waals surface area contributed by atoms with Gasteiger partial charge in [0.25, 0.3) is 0 Å². The number of aromatic nitrogens is 1. The zero-order chi connectivity index (χ0) is 15.8. The van der Waals surface area contributed by atoms with Crippen LogP contribution in [0.15, 0.2) is 66.7 Å². The maximum Gasteiger partial charge on any atom is 0.124 e. The van der Waals surface area contributed by atoms with Crippen molar-refractivity contribution in [1.82, 2.24) is 4.98 Å². The van der Waals surface area contributed by atoms with Crippen LogP contribution in [0.5, 0.6) is 0 Å². The molecule has 0 spiro atoms. The van der Waals surface area contributed by atoms with Crippen LogP contribution in [0.1, 0.15) is 0 Å². The molecule has 0 aliphatic carbocycles. The Balaban J connectivity index is 1.87. The van der Waals surface area contributed by atoms with E-state index in [-0.39, 0.29) is 0 Å². The van der Waals surface area contributed by atoms with E-state index >= 15 is 0 Å². The summed E-state index contributed by atoms with van der Waals surface area (Å²) in [6, 6.07) is 22.0. The molecule has 3 aromatic carbocycles. The average Bonchev–Trinajstić information content (AvgIpc) is 3.00. The highest BCUT2D eigenvalue weighted by Gasteiger charge is 2.11. The number of rotatable bonds is 2. The summed E-state index contributed by atoms with van der Waals surface area (Å²) in [4.78, 5) is 4.86. The Kier molecular flexibility index (Phi) is 3.24. The van der Waals surface area contributed by atoms with Crippen LogP contribution >= 0.6 is 11.3 Å². The molecule has 1 heterocycles. The highest BCUT2D eigenvalue weighted by molar-refractivity contribution is 7.21. The first-order valence-corrected chi connectivity index (χ1v) is 8.14. The number of nitrogens with two attached hydrogens (primary N) is 2. The van der Waals surface area contributed by atoms with E-state index in [0.717, 1.165) is 38.6 Å². The fourth-order valence-corrected chi connectivity index (χ4v) is 3.59. The Hall–Kier alpha value is -2.85. The lowest BCUT2D eigenvalue weighted by molar-refractivity contribution is 1.47. The quantitative estimate of drug-likeness (QED) is 0.522. The summed E-state index contributed by atoms with van der Waals surface area (Å²) in [5, 5.41) is 1.00. The largest absolute Gasteiger partial charge is 0.399 e. The molecule has 0 amide bonds. The van der Waals surface area contributed by atoms with Gasteiger partial charge in [-0.3, -0.25) is 0 Å². The lowest BCUT2D eigenvalue weighted by atomic mass is 10.0. The van der Waals surface area contributed by atoms with Crippen LogP contribution < -0.4 is 11.5 Å². The average molecular weight is 317 g/mol. The highest BCUT2D eigenvalue weighted by atomic mass is 32.1. The molecule has 0 unspecified atom stereocenters. The van der Waals surface area contributed by atoms with Gasteiger partial charge in [0.05, 0.1) is 10.2 Å². The molecule has 3 nitrogen and oxygen atoms in total. The van der Waals surface area contributed by atoms with Crippen molar-refractivity contribution in [2.45, 2.75) is 0 Å². The summed E-state index contributed by atoms with van der Waals surface area (Å²) < 4.78 is 1.17. The van der Waals surface area contributed by atoms with Crippen molar-refractivity contribution in [1.29, 1.82) is 0 Å². The first-order valence-electron chi connectivity index (χ1n) is 7.32. The van der Waals surface area contributed by atoms with E-state index in [1.165, 1.54) is 4.70 Å². The molecule has 0 saturated heterocycles. The minimum absolute atomic E-state index is 0.762. The van der Waals surface area contributed by atoms with Gasteiger partial charge in [0, 0.05) is 22.5 Å². The number of thiazole rings is 1. The topological polar surface area (TPSA) is 64.9 Å². The molecule has 0 bridgehead atoms. The Morgan fingerprint density at radius 3 is 1.96 bits per heavy atom. The molecule has 4 N–H and O–H groups in total. The molecule has 4 aromatic rings. The van der Waals surface area contributed by atoms with Crippen molar-refractivity contribution in [3.63, 3.8) is 0 Å². The first-order chi connectivity index (χ1) is 11.2. The SMILES string of the molecule is Nc1ccc(-c2nc3c(-c4ccc(N)cc4)cccc3s2)cc1. The summed E-state index contributed by atoms with van der Waals surface area (Å²) >= 11 is 1.69. The molecule has 4 rings (SSSR count). The monoisotopic (exact) mass is 317 g/mol. The van der Waals surface area contributed by atoms with Gasteiger partial charge >= 0.3 is 0 Å². The molecule has 23 heavy (non-hydrogen) atoms. The highest BCUT2D eigenvalue weighted by Crippen LogP contribution is 2.35. The van der Waals surface area contributed by atoms with E-state index in [1.54, 1.807) is 11.3 Å². The Morgan fingerprint density at radius 1 is 0.696 bits per heavy atom. The standard InChI is InChI=1S/C19H15N3S/c20-14-8-4-12(5-9-14)16-2-1-3-17-18(16)22-19(23-17)13-6-10-15(21)11-7-13/h1-11H,20-21H2. The second kappa shape index (κ2) is 5.41. The van der Waals surface area contributed by atoms with Crippen molar-refractivity contribution in [3.8, 4) is 21.7 Å². The number of nitrogens with zero attached hydrogens (tertiary/aromatic N) is 1. The molecule has 0 radical (unpaired) electrons. The molecule has 4 heteroatoms. The predicted molar refractivity (Wildman–Crippen MR) is 99.3 cm³/mol. The van der Waals surface area contributed by atoms with E-state index < -0.39 is 0 Å². The zero-order valence-corrected chi connectivity index (χ0v) is 13.2. The molecule has 0 aliphatic heterocycles. The van der Waals surface area contributed by atoms with E-state index in [4.69, 9.17) is 16.5 Å². The summed E-state index contributed by atoms with van der Waals surface area (Å²) in [5.41, 5.74) is 17.4. The van der Waals surface area contributed by atoms with E-state index in [1.807, 2.05) is 48.5 Å². The Morgan fingerprint density at radius 2 is 1.30 bits per heavy atom. The number of para-hydroxylation sites is 1. The van der Waals surface area contributed by atoms with Gasteiger partial charge in [0.2, 0.25) is 0 Å². The first kappa shape index (κ1) is 13.8. The minimum atomic E-state index is 0.762. The fourth-order valence-electron chi connectivity index (χ4n) is 2.59. The fraction of sp³-hybridized carbons (Fsp3) is 0. The number of nitrogen functional groups attached to an aromatic ring is 2. The maximum atomic E-state index is 5.79. The maximum absolute atomic E-state index is 5.79. The van der Waals surface area contributed by atoms with Crippen molar-refractivity contribution >= 4 is 32.9 Å². The minimum Gasteiger partial charge on any atom is -0.399 e. The van der Waals surface area contributed by atoms with Gasteiger partial charge in [-0.15, -0.1) is 11.3 Å². The summed E-state index contributed by atoms with van der Waals surface area (Å²) in [5.74, 6) is 0. The van der Waals surface area contributed by atoms with Gasteiger partial charge in [-0.25, -0.2) is 4.98 Å². The number of hydrogen-bond acceptors (Lipinski definition) is 4. The van der Waals surface area contributed by atoms with Crippen molar-refractivity contribution in [3.05, 3.63) is 66.7 Å². The summed E-state index contributed by atoms with van der Waals surface area (Å²) in [6.07, 6.45) is 0. The Bertz CT molecular complexity index is 970. The molecule has 112 valence electrons. The van der Waals surface area contributed by atoms with Gasteiger partial charge in [-0.1, -0.05) is 24.3 Å². The van der Waals surface area contributed by atoms with Crippen LogP contribution in [0.25, 0.3) is 31.9 Å². The van der Waals surface area contributed by atoms with Crippen LogP contribution in [-0.4, -0.2) is 4.98 Å². The van der Waals surface area contributed by atoms with Crippen LogP contribution in [0.3, 0.4) is 0 Å². The van der Waals surface area contributed by atoms with E-state index in [9.17, 15) is 0 Å². The van der Waals surface area contributed by atoms with Gasteiger partial charge in [-0.05, 0) is 48.0 Å². The van der Waals surface area contributed by atoms with Crippen molar-refractivity contribution in [2.75, 3.05) is 11.5 Å². The number of anilines is 2. The molecular formula is C19H15N3S. The van der Waals surface area contributed by atoms with Crippen LogP contribution in [-0.2, 0) is 0 Å². The summed E-state index contributed by atoms with van der Waals surface area (Å²) in [6.45, 7) is 0. The van der Waals surface area contributed by atoms with E-state index in [2.05, 4.69) is 18.2 Å². The number of hydrogen-bond donors (Lipinski definition) is 2. The normalized spacial score (nSPS) is 11.0. The Labute approximate surface area is 138 Å². The lowest BCUT2D eigenvalue weighted by Crippen LogP contribution is -1.85. The summed E-state index contributed by atoms with van der Waals surface area (Å²) in [7, 11) is 0. The number of benzene rings is 3. The van der Waals surface area contributed by atoms with Gasteiger partial charge < -0.3 is 11.5 Å². The van der Waals surface area contributed by atoms with E-state index in [0.29, 0.717) is 0 Å². The molecular weight excluding hydrogens is 302 g/mol. The second-order valence-electron chi connectivity index (χ2n) is 5.42. The predicted octanol–water partition coefficient (Wildman–Crippen LogP) is 4.79. The number of fused-ring (bicyclic) bond motifs is 1. The third kappa shape index (κ3) is 2.53. The van der Waals surface area contributed by atoms with Crippen LogP contribution in [0.4, 0.5) is 11.4 Å². The lowest BCUT2D eigenvalue weighted by Gasteiger charge is -2.03. The third-order valence-corrected chi connectivity index (χ3v) is 4.87. The second-order valence-corrected chi connectivity index (χ2v) is 6.45. The van der Waals surface area contributed by atoms with Crippen LogP contribution in [0.2, 0.25) is 0 Å². The molecule has 0 aliphatic rings.